The molecule has 0 spiro atoms. The Morgan fingerprint density at radius 2 is 1.79 bits per heavy atom. The number of nitrogens with one attached hydrogen (secondary N) is 2. The number of amides is 2. The first-order valence-electron chi connectivity index (χ1n) is 10.2. The van der Waals surface area contributed by atoms with Crippen molar-refractivity contribution in [1.29, 1.82) is 5.26 Å². The van der Waals surface area contributed by atoms with Crippen LogP contribution in [0, 0.1) is 17.2 Å². The molecule has 10 heteroatoms. The summed E-state index contributed by atoms with van der Waals surface area (Å²) in [5.41, 5.74) is 1.21. The lowest BCUT2D eigenvalue weighted by molar-refractivity contribution is -0.150. The number of rotatable bonds is 8. The normalized spacial score (nSPS) is 17.3. The van der Waals surface area contributed by atoms with Crippen molar-refractivity contribution in [2.24, 2.45) is 5.92 Å². The number of allylic oxidation sites excluding steroid dienone is 1. The Morgan fingerprint density at radius 3 is 2.41 bits per heavy atom. The summed E-state index contributed by atoms with van der Waals surface area (Å²) in [6, 6.07) is 15.8. The molecular formula is C24H23N3O6S. The summed E-state index contributed by atoms with van der Waals surface area (Å²) in [7, 11) is 4.19. The third kappa shape index (κ3) is 5.32. The van der Waals surface area contributed by atoms with Crippen LogP contribution in [0.4, 0.5) is 5.69 Å². The van der Waals surface area contributed by atoms with Crippen molar-refractivity contribution >= 4 is 35.2 Å². The number of hydrogen-bond acceptors (Lipinski definition) is 8. The molecule has 1 heterocycles. The molecule has 0 radical (unpaired) electrons. The molecule has 1 aliphatic heterocycles. The first-order chi connectivity index (χ1) is 16.4. The van der Waals surface area contributed by atoms with Gasteiger partial charge in [0.2, 0.25) is 11.8 Å². The molecule has 34 heavy (non-hydrogen) atoms. The van der Waals surface area contributed by atoms with Crippen LogP contribution in [0.1, 0.15) is 11.5 Å². The molecular weight excluding hydrogens is 458 g/mol. The van der Waals surface area contributed by atoms with E-state index in [0.29, 0.717) is 22.7 Å². The third-order valence-corrected chi connectivity index (χ3v) is 6.20. The van der Waals surface area contributed by atoms with Crippen LogP contribution in [-0.4, -0.2) is 44.9 Å². The topological polar surface area (TPSA) is 127 Å². The van der Waals surface area contributed by atoms with E-state index in [0.717, 1.165) is 11.8 Å². The lowest BCUT2D eigenvalue weighted by Gasteiger charge is -2.31. The summed E-state index contributed by atoms with van der Waals surface area (Å²) in [5, 5.41) is 15.5. The first kappa shape index (κ1) is 24.7. The molecule has 2 atom stereocenters. The predicted molar refractivity (Wildman–Crippen MR) is 126 cm³/mol. The van der Waals surface area contributed by atoms with Gasteiger partial charge in [-0.2, -0.15) is 5.26 Å². The van der Waals surface area contributed by atoms with Crippen molar-refractivity contribution in [3.05, 3.63) is 64.7 Å². The fourth-order valence-corrected chi connectivity index (χ4v) is 4.44. The number of para-hydroxylation sites is 1. The Morgan fingerprint density at radius 1 is 1.09 bits per heavy atom. The molecule has 9 nitrogen and oxygen atoms in total. The van der Waals surface area contributed by atoms with Crippen LogP contribution < -0.4 is 20.1 Å². The van der Waals surface area contributed by atoms with E-state index in [9.17, 15) is 19.6 Å². The van der Waals surface area contributed by atoms with Crippen molar-refractivity contribution in [3.8, 4) is 17.6 Å². The number of methoxy groups -OCH3 is 3. The largest absolute Gasteiger partial charge is 0.497 e. The van der Waals surface area contributed by atoms with E-state index >= 15 is 0 Å². The minimum Gasteiger partial charge on any atom is -0.497 e. The zero-order chi connectivity index (χ0) is 24.7. The van der Waals surface area contributed by atoms with Crippen molar-refractivity contribution in [1.82, 2.24) is 5.32 Å². The van der Waals surface area contributed by atoms with Crippen molar-refractivity contribution < 1.29 is 28.6 Å². The van der Waals surface area contributed by atoms with Gasteiger partial charge >= 0.3 is 5.97 Å². The molecule has 0 fully saturated rings. The molecule has 3 rings (SSSR count). The van der Waals surface area contributed by atoms with Crippen LogP contribution in [-0.2, 0) is 19.1 Å². The van der Waals surface area contributed by atoms with Gasteiger partial charge in [-0.25, -0.2) is 0 Å². The van der Waals surface area contributed by atoms with Gasteiger partial charge in [-0.15, -0.1) is 0 Å². The fraction of sp³-hybridized carbons (Fsp3) is 0.250. The second-order valence-electron chi connectivity index (χ2n) is 7.13. The van der Waals surface area contributed by atoms with Gasteiger partial charge in [0.1, 0.15) is 17.4 Å². The van der Waals surface area contributed by atoms with E-state index in [-0.39, 0.29) is 22.3 Å². The highest BCUT2D eigenvalue weighted by molar-refractivity contribution is 8.03. The zero-order valence-electron chi connectivity index (χ0n) is 18.8. The second-order valence-corrected chi connectivity index (χ2v) is 8.12. The van der Waals surface area contributed by atoms with Crippen LogP contribution in [0.25, 0.3) is 0 Å². The highest BCUT2D eigenvalue weighted by atomic mass is 32.2. The van der Waals surface area contributed by atoms with E-state index in [1.165, 1.54) is 14.2 Å². The van der Waals surface area contributed by atoms with Crippen LogP contribution in [0.5, 0.6) is 11.5 Å². The number of nitriles is 1. The Balaban J connectivity index is 1.89. The monoisotopic (exact) mass is 481 g/mol. The summed E-state index contributed by atoms with van der Waals surface area (Å²) >= 11 is 0.998. The number of esters is 1. The lowest BCUT2D eigenvalue weighted by atomic mass is 9.78. The lowest BCUT2D eigenvalue weighted by Crippen LogP contribution is -2.44. The number of thioether (sulfide) groups is 1. The summed E-state index contributed by atoms with van der Waals surface area (Å²) in [4.78, 5) is 37.9. The smallest absolute Gasteiger partial charge is 0.319 e. The van der Waals surface area contributed by atoms with E-state index in [1.54, 1.807) is 55.6 Å². The Bertz CT molecular complexity index is 1160. The van der Waals surface area contributed by atoms with Gasteiger partial charge in [0.05, 0.1) is 43.8 Å². The predicted octanol–water partition coefficient (Wildman–Crippen LogP) is 2.81. The summed E-state index contributed by atoms with van der Waals surface area (Å²) in [6.07, 6.45) is 0. The van der Waals surface area contributed by atoms with E-state index in [4.69, 9.17) is 14.2 Å². The molecule has 2 N–H and O–H groups in total. The number of benzene rings is 2. The molecule has 176 valence electrons. The van der Waals surface area contributed by atoms with Crippen LogP contribution >= 0.6 is 11.8 Å². The van der Waals surface area contributed by atoms with Crippen LogP contribution in [0.15, 0.2) is 59.1 Å². The molecule has 1 aliphatic rings. The molecule has 2 aromatic carbocycles. The number of carbonyl (C=O) groups excluding carboxylic acids is 3. The fourth-order valence-electron chi connectivity index (χ4n) is 3.59. The third-order valence-electron chi connectivity index (χ3n) is 5.18. The van der Waals surface area contributed by atoms with Gasteiger partial charge < -0.3 is 24.8 Å². The minimum absolute atomic E-state index is 0.0750. The molecule has 0 saturated heterocycles. The van der Waals surface area contributed by atoms with Gasteiger partial charge in [0.25, 0.3) is 0 Å². The number of carbonyl (C=O) groups is 3. The maximum atomic E-state index is 12.9. The van der Waals surface area contributed by atoms with Crippen molar-refractivity contribution in [3.63, 3.8) is 0 Å². The molecule has 0 saturated carbocycles. The van der Waals surface area contributed by atoms with Gasteiger partial charge in [-0.3, -0.25) is 14.4 Å². The minimum atomic E-state index is -1.28. The molecule has 0 aliphatic carbocycles. The summed E-state index contributed by atoms with van der Waals surface area (Å²) < 4.78 is 15.3. The number of ether oxygens (including phenoxy) is 3. The second kappa shape index (κ2) is 11.2. The van der Waals surface area contributed by atoms with Crippen molar-refractivity contribution in [2.75, 3.05) is 32.4 Å². The van der Waals surface area contributed by atoms with Gasteiger partial charge in [-0.1, -0.05) is 30.0 Å². The number of hydrogen-bond donors (Lipinski definition) is 2. The highest BCUT2D eigenvalue weighted by Gasteiger charge is 2.45. The van der Waals surface area contributed by atoms with Crippen LogP contribution in [0.3, 0.4) is 0 Å². The summed E-state index contributed by atoms with van der Waals surface area (Å²) in [6.45, 7) is 0. The first-order valence-corrected chi connectivity index (χ1v) is 11.1. The van der Waals surface area contributed by atoms with E-state index < -0.39 is 23.7 Å². The van der Waals surface area contributed by atoms with Gasteiger partial charge in [-0.05, 0) is 30.3 Å². The zero-order valence-corrected chi connectivity index (χ0v) is 19.6. The maximum absolute atomic E-state index is 12.9. The quantitative estimate of drug-likeness (QED) is 0.435. The Hall–Kier alpha value is -3.97. The average Bonchev–Trinajstić information content (AvgIpc) is 2.86. The van der Waals surface area contributed by atoms with Gasteiger partial charge in [0.15, 0.2) is 0 Å². The standard InChI is InChI=1S/C24H23N3O6S/c1-31-15-10-8-14(9-11-15)26-19(28)13-34-23-17(12-25)20(16-6-4-5-7-18(16)32-2)21(22(29)27-23)24(30)33-3/h4-11,20-21H,13H2,1-3H3,(H,26,28)(H,27,29). The SMILES string of the molecule is COC(=O)C1C(=O)NC(SCC(=O)Nc2ccc(OC)cc2)=C(C#N)C1c1ccccc1OC. The molecule has 2 unspecified atom stereocenters. The van der Waals surface area contributed by atoms with Crippen molar-refractivity contribution in [2.45, 2.75) is 5.92 Å². The molecule has 2 amide bonds. The summed E-state index contributed by atoms with van der Waals surface area (Å²) in [5.74, 6) is -2.95. The van der Waals surface area contributed by atoms with Gasteiger partial charge in [0, 0.05) is 17.2 Å². The van der Waals surface area contributed by atoms with E-state index in [1.807, 2.05) is 0 Å². The number of nitrogens with zero attached hydrogens (tertiary/aromatic N) is 1. The highest BCUT2D eigenvalue weighted by Crippen LogP contribution is 2.43. The molecule has 0 bridgehead atoms. The average molecular weight is 482 g/mol. The number of anilines is 1. The molecule has 0 aromatic heterocycles. The van der Waals surface area contributed by atoms with Crippen LogP contribution in [0.2, 0.25) is 0 Å². The Labute approximate surface area is 201 Å². The molecule has 2 aromatic rings. The van der Waals surface area contributed by atoms with E-state index in [2.05, 4.69) is 16.7 Å². The maximum Gasteiger partial charge on any atom is 0.319 e. The Kier molecular flexibility index (Phi) is 8.16.